The van der Waals surface area contributed by atoms with Crippen LogP contribution in [0.15, 0.2) is 78.9 Å². The lowest BCUT2D eigenvalue weighted by Crippen LogP contribution is -2.25. The first-order chi connectivity index (χ1) is 13.3. The zero-order valence-electron chi connectivity index (χ0n) is 15.4. The molecule has 0 saturated heterocycles. The molecule has 1 N–H and O–H groups in total. The maximum Gasteiger partial charge on any atom is 0.251 e. The summed E-state index contributed by atoms with van der Waals surface area (Å²) in [7, 11) is 1.63. The van der Waals surface area contributed by atoms with Gasteiger partial charge in [-0.2, -0.15) is 0 Å². The molecule has 0 fully saturated rings. The number of benzene rings is 3. The normalized spacial score (nSPS) is 10.3. The standard InChI is InChI=1S/C23H23NO3/c1-26-22-16-18(14-15-24-23(25)20-10-6-3-7-11-20)12-13-21(22)27-17-19-8-4-2-5-9-19/h2-13,16H,14-15,17H2,1H3,(H,24,25). The second kappa shape index (κ2) is 9.43. The monoisotopic (exact) mass is 361 g/mol. The lowest BCUT2D eigenvalue weighted by Gasteiger charge is -2.12. The van der Waals surface area contributed by atoms with E-state index in [4.69, 9.17) is 9.47 Å². The molecule has 0 aliphatic carbocycles. The average molecular weight is 361 g/mol. The van der Waals surface area contributed by atoms with Crippen LogP contribution in [0.1, 0.15) is 21.5 Å². The fraction of sp³-hybridized carbons (Fsp3) is 0.174. The molecule has 0 aliphatic rings. The van der Waals surface area contributed by atoms with Gasteiger partial charge in [-0.15, -0.1) is 0 Å². The summed E-state index contributed by atoms with van der Waals surface area (Å²) in [4.78, 5) is 12.1. The summed E-state index contributed by atoms with van der Waals surface area (Å²) in [6, 6.07) is 25.1. The van der Waals surface area contributed by atoms with Gasteiger partial charge in [0.1, 0.15) is 6.61 Å². The molecule has 0 bridgehead atoms. The zero-order chi connectivity index (χ0) is 18.9. The summed E-state index contributed by atoms with van der Waals surface area (Å²) in [6.45, 7) is 1.05. The predicted molar refractivity (Wildman–Crippen MR) is 106 cm³/mol. The van der Waals surface area contributed by atoms with Gasteiger partial charge in [-0.3, -0.25) is 4.79 Å². The number of rotatable bonds is 8. The van der Waals surface area contributed by atoms with Gasteiger partial charge in [0.15, 0.2) is 11.5 Å². The fourth-order valence-corrected chi connectivity index (χ4v) is 2.73. The van der Waals surface area contributed by atoms with E-state index < -0.39 is 0 Å². The van der Waals surface area contributed by atoms with Crippen LogP contribution in [0.4, 0.5) is 0 Å². The molecule has 0 aromatic heterocycles. The van der Waals surface area contributed by atoms with Crippen molar-refractivity contribution in [1.82, 2.24) is 5.32 Å². The van der Waals surface area contributed by atoms with Crippen molar-refractivity contribution in [1.29, 1.82) is 0 Å². The van der Waals surface area contributed by atoms with Gasteiger partial charge in [0.2, 0.25) is 0 Å². The van der Waals surface area contributed by atoms with E-state index >= 15 is 0 Å². The van der Waals surface area contributed by atoms with Crippen LogP contribution in [0.5, 0.6) is 11.5 Å². The van der Waals surface area contributed by atoms with Crippen molar-refractivity contribution in [2.24, 2.45) is 0 Å². The van der Waals surface area contributed by atoms with Crippen molar-refractivity contribution >= 4 is 5.91 Å². The summed E-state index contributed by atoms with van der Waals surface area (Å²) in [5.41, 5.74) is 2.85. The Morgan fingerprint density at radius 1 is 0.852 bits per heavy atom. The minimum Gasteiger partial charge on any atom is -0.493 e. The number of nitrogens with one attached hydrogen (secondary N) is 1. The molecule has 1 amide bonds. The first-order valence-corrected chi connectivity index (χ1v) is 8.93. The molecule has 3 aromatic rings. The van der Waals surface area contributed by atoms with Crippen LogP contribution in [0.25, 0.3) is 0 Å². The zero-order valence-corrected chi connectivity index (χ0v) is 15.4. The number of carbonyl (C=O) groups is 1. The van der Waals surface area contributed by atoms with Gasteiger partial charge >= 0.3 is 0 Å². The summed E-state index contributed by atoms with van der Waals surface area (Å²) in [5.74, 6) is 1.33. The molecule has 138 valence electrons. The molecule has 3 rings (SSSR count). The second-order valence-electron chi connectivity index (χ2n) is 6.13. The van der Waals surface area contributed by atoms with Crippen LogP contribution in [0.3, 0.4) is 0 Å². The Bertz CT molecular complexity index is 863. The molecular weight excluding hydrogens is 338 g/mol. The van der Waals surface area contributed by atoms with Crippen molar-refractivity contribution in [2.45, 2.75) is 13.0 Å². The van der Waals surface area contributed by atoms with Crippen molar-refractivity contribution in [3.8, 4) is 11.5 Å². The van der Waals surface area contributed by atoms with Crippen molar-refractivity contribution in [2.75, 3.05) is 13.7 Å². The van der Waals surface area contributed by atoms with Crippen LogP contribution in [0.2, 0.25) is 0 Å². The highest BCUT2D eigenvalue weighted by Gasteiger charge is 2.08. The fourth-order valence-electron chi connectivity index (χ4n) is 2.73. The Morgan fingerprint density at radius 2 is 1.56 bits per heavy atom. The Hall–Kier alpha value is -3.27. The van der Waals surface area contributed by atoms with E-state index in [1.54, 1.807) is 19.2 Å². The first kappa shape index (κ1) is 18.5. The number of ether oxygens (including phenoxy) is 2. The SMILES string of the molecule is COc1cc(CCNC(=O)c2ccccc2)ccc1OCc1ccccc1. The van der Waals surface area contributed by atoms with Crippen molar-refractivity contribution < 1.29 is 14.3 Å². The van der Waals surface area contributed by atoms with Crippen LogP contribution in [-0.4, -0.2) is 19.6 Å². The van der Waals surface area contributed by atoms with Crippen molar-refractivity contribution in [3.05, 3.63) is 95.6 Å². The van der Waals surface area contributed by atoms with Gasteiger partial charge in [0.25, 0.3) is 5.91 Å². The largest absolute Gasteiger partial charge is 0.493 e. The molecule has 3 aromatic carbocycles. The molecular formula is C23H23NO3. The van der Waals surface area contributed by atoms with E-state index in [1.807, 2.05) is 66.7 Å². The first-order valence-electron chi connectivity index (χ1n) is 8.93. The third-order valence-electron chi connectivity index (χ3n) is 4.20. The van der Waals surface area contributed by atoms with Gasteiger partial charge < -0.3 is 14.8 Å². The van der Waals surface area contributed by atoms with E-state index in [9.17, 15) is 4.79 Å². The highest BCUT2D eigenvalue weighted by atomic mass is 16.5. The topological polar surface area (TPSA) is 47.6 Å². The number of hydrogen-bond donors (Lipinski definition) is 1. The van der Waals surface area contributed by atoms with Gasteiger partial charge in [0.05, 0.1) is 7.11 Å². The lowest BCUT2D eigenvalue weighted by atomic mass is 10.1. The molecule has 27 heavy (non-hydrogen) atoms. The molecule has 0 aliphatic heterocycles. The van der Waals surface area contributed by atoms with E-state index in [-0.39, 0.29) is 5.91 Å². The molecule has 0 spiro atoms. The quantitative estimate of drug-likeness (QED) is 0.653. The predicted octanol–water partition coefficient (Wildman–Crippen LogP) is 4.25. The Morgan fingerprint density at radius 3 is 2.26 bits per heavy atom. The van der Waals surface area contributed by atoms with E-state index in [1.165, 1.54) is 0 Å². The Kier molecular flexibility index (Phi) is 6.47. The Balaban J connectivity index is 1.55. The van der Waals surface area contributed by atoms with Gasteiger partial charge in [-0.05, 0) is 41.8 Å². The summed E-state index contributed by atoms with van der Waals surface area (Å²) in [5, 5.41) is 2.94. The van der Waals surface area contributed by atoms with Crippen LogP contribution in [0, 0.1) is 0 Å². The van der Waals surface area contributed by atoms with Crippen molar-refractivity contribution in [3.63, 3.8) is 0 Å². The van der Waals surface area contributed by atoms with E-state index in [0.29, 0.717) is 36.6 Å². The second-order valence-corrected chi connectivity index (χ2v) is 6.13. The lowest BCUT2D eigenvalue weighted by molar-refractivity contribution is 0.0954. The van der Waals surface area contributed by atoms with Gasteiger partial charge in [0, 0.05) is 12.1 Å². The summed E-state index contributed by atoms with van der Waals surface area (Å²) < 4.78 is 11.3. The maximum atomic E-state index is 12.1. The minimum absolute atomic E-state index is 0.0645. The minimum atomic E-state index is -0.0645. The summed E-state index contributed by atoms with van der Waals surface area (Å²) >= 11 is 0. The number of methoxy groups -OCH3 is 1. The van der Waals surface area contributed by atoms with Crippen LogP contribution < -0.4 is 14.8 Å². The molecule has 0 radical (unpaired) electrons. The van der Waals surface area contributed by atoms with E-state index in [2.05, 4.69) is 5.32 Å². The molecule has 0 heterocycles. The molecule has 0 atom stereocenters. The third-order valence-corrected chi connectivity index (χ3v) is 4.20. The molecule has 0 saturated carbocycles. The number of carbonyl (C=O) groups excluding carboxylic acids is 1. The Labute approximate surface area is 159 Å². The molecule has 4 nitrogen and oxygen atoms in total. The van der Waals surface area contributed by atoms with Gasteiger partial charge in [-0.1, -0.05) is 54.6 Å². The maximum absolute atomic E-state index is 12.1. The average Bonchev–Trinajstić information content (AvgIpc) is 2.74. The smallest absolute Gasteiger partial charge is 0.251 e. The van der Waals surface area contributed by atoms with Crippen LogP contribution in [-0.2, 0) is 13.0 Å². The third kappa shape index (κ3) is 5.35. The van der Waals surface area contributed by atoms with E-state index in [0.717, 1.165) is 11.1 Å². The number of amides is 1. The van der Waals surface area contributed by atoms with Crippen LogP contribution >= 0.6 is 0 Å². The van der Waals surface area contributed by atoms with Gasteiger partial charge in [-0.25, -0.2) is 0 Å². The molecule has 4 heteroatoms. The highest BCUT2D eigenvalue weighted by Crippen LogP contribution is 2.29. The summed E-state index contributed by atoms with van der Waals surface area (Å²) in [6.07, 6.45) is 0.716. The highest BCUT2D eigenvalue weighted by molar-refractivity contribution is 5.94. The molecule has 0 unspecified atom stereocenters. The number of hydrogen-bond acceptors (Lipinski definition) is 3.